The van der Waals surface area contributed by atoms with Gasteiger partial charge < -0.3 is 15.4 Å². The third-order valence-corrected chi connectivity index (χ3v) is 3.71. The molecular formula is C10H20N2O2S. The van der Waals surface area contributed by atoms with Gasteiger partial charge in [0.2, 0.25) is 5.91 Å². The van der Waals surface area contributed by atoms with E-state index in [9.17, 15) is 4.79 Å². The van der Waals surface area contributed by atoms with E-state index in [1.165, 1.54) is 0 Å². The van der Waals surface area contributed by atoms with Crippen LogP contribution in [0.1, 0.15) is 12.8 Å². The molecule has 0 aromatic rings. The van der Waals surface area contributed by atoms with E-state index in [1.54, 1.807) is 7.11 Å². The molecule has 1 fully saturated rings. The van der Waals surface area contributed by atoms with Crippen LogP contribution in [0.3, 0.4) is 0 Å². The van der Waals surface area contributed by atoms with Gasteiger partial charge in [0.1, 0.15) is 0 Å². The third kappa shape index (κ3) is 4.01. The molecule has 1 rings (SSSR count). The van der Waals surface area contributed by atoms with Crippen LogP contribution in [-0.2, 0) is 9.53 Å². The van der Waals surface area contributed by atoms with Crippen LogP contribution < -0.4 is 5.73 Å². The molecule has 0 saturated carbocycles. The van der Waals surface area contributed by atoms with Gasteiger partial charge in [0.25, 0.3) is 0 Å². The fraction of sp³-hybridized carbons (Fsp3) is 0.900. The third-order valence-electron chi connectivity index (χ3n) is 2.56. The van der Waals surface area contributed by atoms with Crippen LogP contribution in [0.2, 0.25) is 0 Å². The van der Waals surface area contributed by atoms with Gasteiger partial charge in [0, 0.05) is 38.4 Å². The molecular weight excluding hydrogens is 212 g/mol. The molecule has 1 aliphatic rings. The van der Waals surface area contributed by atoms with Crippen LogP contribution in [0.25, 0.3) is 0 Å². The van der Waals surface area contributed by atoms with Gasteiger partial charge in [-0.3, -0.25) is 4.79 Å². The summed E-state index contributed by atoms with van der Waals surface area (Å²) in [7, 11) is 1.66. The first-order valence-corrected chi connectivity index (χ1v) is 6.51. The number of rotatable bonds is 6. The summed E-state index contributed by atoms with van der Waals surface area (Å²) < 4.78 is 5.03. The Morgan fingerprint density at radius 3 is 3.00 bits per heavy atom. The summed E-state index contributed by atoms with van der Waals surface area (Å²) in [5, 5.41) is 0. The minimum absolute atomic E-state index is 0.169. The molecule has 5 heteroatoms. The molecule has 0 bridgehead atoms. The van der Waals surface area contributed by atoms with Gasteiger partial charge in [-0.05, 0) is 12.2 Å². The molecule has 1 saturated heterocycles. The van der Waals surface area contributed by atoms with Crippen LogP contribution in [0, 0.1) is 0 Å². The van der Waals surface area contributed by atoms with E-state index in [4.69, 9.17) is 10.5 Å². The minimum Gasteiger partial charge on any atom is -0.383 e. The summed E-state index contributed by atoms with van der Waals surface area (Å²) in [4.78, 5) is 13.8. The van der Waals surface area contributed by atoms with Crippen LogP contribution in [0.5, 0.6) is 0 Å². The van der Waals surface area contributed by atoms with E-state index in [-0.39, 0.29) is 5.91 Å². The zero-order valence-electron chi connectivity index (χ0n) is 9.28. The maximum Gasteiger partial charge on any atom is 0.224 e. The first-order valence-electron chi connectivity index (χ1n) is 5.35. The summed E-state index contributed by atoms with van der Waals surface area (Å²) in [5.74, 6) is 2.38. The van der Waals surface area contributed by atoms with Crippen LogP contribution in [-0.4, -0.2) is 55.2 Å². The van der Waals surface area contributed by atoms with Crippen LogP contribution in [0.15, 0.2) is 0 Å². The summed E-state index contributed by atoms with van der Waals surface area (Å²) in [6.45, 7) is 1.74. The molecule has 1 amide bonds. The summed E-state index contributed by atoms with van der Waals surface area (Å²) >= 11 is 1.91. The topological polar surface area (TPSA) is 55.6 Å². The number of amides is 1. The van der Waals surface area contributed by atoms with Crippen molar-refractivity contribution in [3.8, 4) is 0 Å². The van der Waals surface area contributed by atoms with Crippen molar-refractivity contribution < 1.29 is 9.53 Å². The van der Waals surface area contributed by atoms with Crippen molar-refractivity contribution in [2.45, 2.75) is 18.9 Å². The minimum atomic E-state index is 0.169. The number of hydrogen-bond donors (Lipinski definition) is 1. The van der Waals surface area contributed by atoms with Crippen molar-refractivity contribution >= 4 is 17.7 Å². The Hall–Kier alpha value is -0.260. The van der Waals surface area contributed by atoms with Gasteiger partial charge in [-0.1, -0.05) is 0 Å². The van der Waals surface area contributed by atoms with Gasteiger partial charge in [-0.15, -0.1) is 0 Å². The lowest BCUT2D eigenvalue weighted by Gasteiger charge is -2.28. The van der Waals surface area contributed by atoms with Crippen molar-refractivity contribution in [2.75, 3.05) is 38.3 Å². The molecule has 88 valence electrons. The Labute approximate surface area is 95.5 Å². The monoisotopic (exact) mass is 232 g/mol. The summed E-state index contributed by atoms with van der Waals surface area (Å²) in [5.41, 5.74) is 5.41. The highest BCUT2D eigenvalue weighted by Crippen LogP contribution is 2.22. The lowest BCUT2D eigenvalue weighted by molar-refractivity contribution is -0.133. The first kappa shape index (κ1) is 12.8. The zero-order valence-corrected chi connectivity index (χ0v) is 10.1. The quantitative estimate of drug-likeness (QED) is 0.716. The highest BCUT2D eigenvalue weighted by atomic mass is 32.2. The molecule has 1 atom stereocenters. The van der Waals surface area contributed by atoms with E-state index < -0.39 is 0 Å². The Kier molecular flexibility index (Phi) is 6.05. The van der Waals surface area contributed by atoms with Gasteiger partial charge in [0.05, 0.1) is 6.61 Å². The SMILES string of the molecule is COCCN(C(=O)CCN)C1CCSC1. The second-order valence-electron chi connectivity index (χ2n) is 3.64. The number of methoxy groups -OCH3 is 1. The zero-order chi connectivity index (χ0) is 11.1. The molecule has 0 aromatic heterocycles. The van der Waals surface area contributed by atoms with E-state index in [0.29, 0.717) is 32.2 Å². The van der Waals surface area contributed by atoms with Crippen LogP contribution in [0.4, 0.5) is 0 Å². The second-order valence-corrected chi connectivity index (χ2v) is 4.79. The maximum absolute atomic E-state index is 11.8. The van der Waals surface area contributed by atoms with Gasteiger partial charge in [-0.25, -0.2) is 0 Å². The molecule has 1 heterocycles. The Morgan fingerprint density at radius 1 is 1.67 bits per heavy atom. The van der Waals surface area contributed by atoms with Gasteiger partial charge in [-0.2, -0.15) is 11.8 Å². The molecule has 0 aromatic carbocycles. The molecule has 1 aliphatic heterocycles. The van der Waals surface area contributed by atoms with Crippen molar-refractivity contribution in [3.05, 3.63) is 0 Å². The van der Waals surface area contributed by atoms with Crippen molar-refractivity contribution in [3.63, 3.8) is 0 Å². The highest BCUT2D eigenvalue weighted by molar-refractivity contribution is 7.99. The number of hydrogen-bond acceptors (Lipinski definition) is 4. The smallest absolute Gasteiger partial charge is 0.224 e. The Balaban J connectivity index is 2.46. The number of nitrogens with zero attached hydrogens (tertiary/aromatic N) is 1. The summed E-state index contributed by atoms with van der Waals surface area (Å²) in [6.07, 6.45) is 1.55. The summed E-state index contributed by atoms with van der Waals surface area (Å²) in [6, 6.07) is 0.393. The number of thioether (sulfide) groups is 1. The van der Waals surface area contributed by atoms with E-state index in [2.05, 4.69) is 0 Å². The molecule has 15 heavy (non-hydrogen) atoms. The maximum atomic E-state index is 11.8. The van der Waals surface area contributed by atoms with Crippen molar-refractivity contribution in [1.82, 2.24) is 4.90 Å². The molecule has 0 radical (unpaired) electrons. The fourth-order valence-corrected chi connectivity index (χ4v) is 2.96. The fourth-order valence-electron chi connectivity index (χ4n) is 1.74. The number of ether oxygens (including phenoxy) is 1. The van der Waals surface area contributed by atoms with Crippen molar-refractivity contribution in [2.24, 2.45) is 5.73 Å². The predicted octanol–water partition coefficient (Wildman–Crippen LogP) is 0.316. The van der Waals surface area contributed by atoms with Crippen molar-refractivity contribution in [1.29, 1.82) is 0 Å². The number of nitrogens with two attached hydrogens (primary N) is 1. The van der Waals surface area contributed by atoms with E-state index >= 15 is 0 Å². The molecule has 2 N–H and O–H groups in total. The van der Waals surface area contributed by atoms with Crippen LogP contribution >= 0.6 is 11.8 Å². The number of carbonyl (C=O) groups is 1. The average Bonchev–Trinajstić information content (AvgIpc) is 2.72. The largest absolute Gasteiger partial charge is 0.383 e. The molecule has 0 aliphatic carbocycles. The number of carbonyl (C=O) groups excluding carboxylic acids is 1. The van der Waals surface area contributed by atoms with E-state index in [1.807, 2.05) is 16.7 Å². The molecule has 0 spiro atoms. The Morgan fingerprint density at radius 2 is 2.47 bits per heavy atom. The normalized spacial score (nSPS) is 20.5. The standard InChI is InChI=1S/C10H20N2O2S/c1-14-6-5-12(10(13)2-4-11)9-3-7-15-8-9/h9H,2-8,11H2,1H3. The lowest BCUT2D eigenvalue weighted by atomic mass is 10.2. The second kappa shape index (κ2) is 7.09. The van der Waals surface area contributed by atoms with E-state index in [0.717, 1.165) is 17.9 Å². The van der Waals surface area contributed by atoms with Gasteiger partial charge >= 0.3 is 0 Å². The van der Waals surface area contributed by atoms with Gasteiger partial charge in [0.15, 0.2) is 0 Å². The highest BCUT2D eigenvalue weighted by Gasteiger charge is 2.25. The lowest BCUT2D eigenvalue weighted by Crippen LogP contribution is -2.43. The average molecular weight is 232 g/mol. The predicted molar refractivity (Wildman–Crippen MR) is 63.0 cm³/mol. The molecule has 4 nitrogen and oxygen atoms in total. The first-order chi connectivity index (χ1) is 7.29. The Bertz CT molecular complexity index is 196. The molecule has 1 unspecified atom stereocenters.